The first-order valence-corrected chi connectivity index (χ1v) is 8.60. The van der Waals surface area contributed by atoms with Gasteiger partial charge in [0.25, 0.3) is 5.17 Å². The van der Waals surface area contributed by atoms with Crippen LogP contribution in [-0.4, -0.2) is 12.3 Å². The fourth-order valence-electron chi connectivity index (χ4n) is 2.27. The van der Waals surface area contributed by atoms with Crippen LogP contribution in [0.5, 0.6) is 5.75 Å². The number of hydrogen-bond acceptors (Lipinski definition) is 3. The summed E-state index contributed by atoms with van der Waals surface area (Å²) in [5.74, 6) is 0.837. The Morgan fingerprint density at radius 2 is 1.96 bits per heavy atom. The van der Waals surface area contributed by atoms with Crippen molar-refractivity contribution in [2.24, 2.45) is 0 Å². The summed E-state index contributed by atoms with van der Waals surface area (Å²) in [5, 5.41) is 3.39. The molecule has 0 unspecified atom stereocenters. The van der Waals surface area contributed by atoms with Gasteiger partial charge in [-0.2, -0.15) is 0 Å². The molecule has 0 saturated carbocycles. The molecule has 2 rings (SSSR count). The maximum absolute atomic E-state index is 5.99. The van der Waals surface area contributed by atoms with E-state index in [1.807, 2.05) is 24.3 Å². The standard InChI is InChI=1S/C18H20BrNO2S/c1-4-13-10-15(19)17(9-12(13)2)22-11-14-7-5-6-8-16(14)20-18(23)21-3/h5-10H,4,11H2,1-3H3,(H,20,23). The Morgan fingerprint density at radius 3 is 2.65 bits per heavy atom. The molecule has 23 heavy (non-hydrogen) atoms. The summed E-state index contributed by atoms with van der Waals surface area (Å²) in [6.07, 6.45) is 1.01. The Bertz CT molecular complexity index is 703. The van der Waals surface area contributed by atoms with Crippen molar-refractivity contribution in [3.05, 3.63) is 57.6 Å². The van der Waals surface area contributed by atoms with Crippen molar-refractivity contribution in [1.82, 2.24) is 0 Å². The number of hydrogen-bond donors (Lipinski definition) is 1. The number of para-hydroxylation sites is 1. The Hall–Kier alpha value is -1.59. The number of methoxy groups -OCH3 is 1. The van der Waals surface area contributed by atoms with Crippen LogP contribution in [0, 0.1) is 6.92 Å². The largest absolute Gasteiger partial charge is 0.488 e. The first kappa shape index (κ1) is 17.8. The van der Waals surface area contributed by atoms with Crippen LogP contribution in [0.15, 0.2) is 40.9 Å². The van der Waals surface area contributed by atoms with Crippen LogP contribution in [0.2, 0.25) is 0 Å². The van der Waals surface area contributed by atoms with Gasteiger partial charge in [-0.25, -0.2) is 0 Å². The molecule has 2 aromatic carbocycles. The second-order valence-corrected chi connectivity index (χ2v) is 6.35. The number of ether oxygens (including phenoxy) is 2. The Labute approximate surface area is 151 Å². The Morgan fingerprint density at radius 1 is 1.22 bits per heavy atom. The van der Waals surface area contributed by atoms with Gasteiger partial charge < -0.3 is 14.8 Å². The van der Waals surface area contributed by atoms with Gasteiger partial charge in [0.1, 0.15) is 12.4 Å². The maximum Gasteiger partial charge on any atom is 0.260 e. The van der Waals surface area contributed by atoms with Crippen LogP contribution >= 0.6 is 28.1 Å². The smallest absolute Gasteiger partial charge is 0.260 e. The molecule has 0 aromatic heterocycles. The molecule has 0 spiro atoms. The number of aryl methyl sites for hydroxylation is 2. The van der Waals surface area contributed by atoms with Crippen LogP contribution in [0.1, 0.15) is 23.6 Å². The molecule has 0 aliphatic carbocycles. The van der Waals surface area contributed by atoms with Gasteiger partial charge in [0.2, 0.25) is 0 Å². The minimum absolute atomic E-state index is 0.335. The highest BCUT2D eigenvalue weighted by Gasteiger charge is 2.09. The Kier molecular flexibility index (Phi) is 6.42. The molecule has 0 fully saturated rings. The first-order valence-electron chi connectivity index (χ1n) is 7.39. The second kappa shape index (κ2) is 8.31. The van der Waals surface area contributed by atoms with Crippen molar-refractivity contribution < 1.29 is 9.47 Å². The summed E-state index contributed by atoms with van der Waals surface area (Å²) in [5.41, 5.74) is 4.45. The lowest BCUT2D eigenvalue weighted by Gasteiger charge is -2.15. The molecule has 0 aliphatic rings. The van der Waals surface area contributed by atoms with Crippen molar-refractivity contribution >= 4 is 39.0 Å². The van der Waals surface area contributed by atoms with Gasteiger partial charge in [-0.15, -0.1) is 0 Å². The molecule has 3 nitrogen and oxygen atoms in total. The van der Waals surface area contributed by atoms with Crippen LogP contribution in [-0.2, 0) is 17.8 Å². The predicted octanol–water partition coefficient (Wildman–Crippen LogP) is 5.24. The van der Waals surface area contributed by atoms with E-state index < -0.39 is 0 Å². The van der Waals surface area contributed by atoms with E-state index in [2.05, 4.69) is 47.2 Å². The third-order valence-corrected chi connectivity index (χ3v) is 4.48. The van der Waals surface area contributed by atoms with Gasteiger partial charge in [0, 0.05) is 11.3 Å². The van der Waals surface area contributed by atoms with Crippen molar-refractivity contribution in [2.75, 3.05) is 12.4 Å². The zero-order valence-electron chi connectivity index (χ0n) is 13.5. The summed E-state index contributed by atoms with van der Waals surface area (Å²) in [6, 6.07) is 12.1. The average Bonchev–Trinajstić information content (AvgIpc) is 2.56. The van der Waals surface area contributed by atoms with Gasteiger partial charge >= 0.3 is 0 Å². The molecule has 0 saturated heterocycles. The van der Waals surface area contributed by atoms with E-state index in [4.69, 9.17) is 21.7 Å². The summed E-state index contributed by atoms with van der Waals surface area (Å²) in [4.78, 5) is 0. The minimum atomic E-state index is 0.335. The van der Waals surface area contributed by atoms with Crippen LogP contribution in [0.4, 0.5) is 5.69 Å². The average molecular weight is 394 g/mol. The molecule has 0 aliphatic heterocycles. The number of benzene rings is 2. The molecule has 122 valence electrons. The fourth-order valence-corrected chi connectivity index (χ4v) is 2.89. The number of halogens is 1. The number of nitrogens with one attached hydrogen (secondary N) is 1. The summed E-state index contributed by atoms with van der Waals surface area (Å²) >= 11 is 8.64. The molecule has 0 bridgehead atoms. The molecule has 1 N–H and O–H groups in total. The number of rotatable bonds is 5. The highest BCUT2D eigenvalue weighted by atomic mass is 79.9. The van der Waals surface area contributed by atoms with E-state index in [1.165, 1.54) is 11.1 Å². The molecular formula is C18H20BrNO2S. The third-order valence-electron chi connectivity index (χ3n) is 3.59. The van der Waals surface area contributed by atoms with Crippen LogP contribution in [0.3, 0.4) is 0 Å². The van der Waals surface area contributed by atoms with Crippen LogP contribution in [0.25, 0.3) is 0 Å². The topological polar surface area (TPSA) is 30.5 Å². The van der Waals surface area contributed by atoms with E-state index >= 15 is 0 Å². The molecule has 0 radical (unpaired) electrons. The summed E-state index contributed by atoms with van der Waals surface area (Å²) in [7, 11) is 1.55. The quantitative estimate of drug-likeness (QED) is 0.703. The normalized spacial score (nSPS) is 10.3. The third kappa shape index (κ3) is 4.69. The van der Waals surface area contributed by atoms with E-state index in [9.17, 15) is 0 Å². The molecular weight excluding hydrogens is 374 g/mol. The molecule has 5 heteroatoms. The van der Waals surface area contributed by atoms with Crippen molar-refractivity contribution in [1.29, 1.82) is 0 Å². The SMILES string of the molecule is CCc1cc(Br)c(OCc2ccccc2NC(=S)OC)cc1C. The zero-order chi connectivity index (χ0) is 16.8. The van der Waals surface area contributed by atoms with Crippen molar-refractivity contribution in [3.63, 3.8) is 0 Å². The van der Waals surface area contributed by atoms with Gasteiger partial charge in [0.15, 0.2) is 0 Å². The van der Waals surface area contributed by atoms with E-state index in [-0.39, 0.29) is 0 Å². The van der Waals surface area contributed by atoms with Gasteiger partial charge in [-0.05, 0) is 70.8 Å². The maximum atomic E-state index is 5.99. The van der Waals surface area contributed by atoms with E-state index in [0.29, 0.717) is 11.8 Å². The first-order chi connectivity index (χ1) is 11.0. The molecule has 0 atom stereocenters. The Balaban J connectivity index is 2.15. The van der Waals surface area contributed by atoms with Gasteiger partial charge in [0.05, 0.1) is 11.6 Å². The monoisotopic (exact) mass is 393 g/mol. The molecule has 0 amide bonds. The summed E-state index contributed by atoms with van der Waals surface area (Å²) < 4.78 is 12.0. The number of anilines is 1. The molecule has 0 heterocycles. The summed E-state index contributed by atoms with van der Waals surface area (Å²) in [6.45, 7) is 4.69. The van der Waals surface area contributed by atoms with Crippen molar-refractivity contribution in [2.45, 2.75) is 26.9 Å². The molecule has 2 aromatic rings. The lowest BCUT2D eigenvalue weighted by molar-refractivity contribution is 0.304. The fraction of sp³-hybridized carbons (Fsp3) is 0.278. The lowest BCUT2D eigenvalue weighted by atomic mass is 10.1. The van der Waals surface area contributed by atoms with Crippen LogP contribution < -0.4 is 10.1 Å². The predicted molar refractivity (Wildman–Crippen MR) is 102 cm³/mol. The highest BCUT2D eigenvalue weighted by molar-refractivity contribution is 9.10. The second-order valence-electron chi connectivity index (χ2n) is 5.13. The van der Waals surface area contributed by atoms with Crippen molar-refractivity contribution in [3.8, 4) is 5.75 Å². The van der Waals surface area contributed by atoms with E-state index in [0.717, 1.165) is 27.9 Å². The zero-order valence-corrected chi connectivity index (χ0v) is 15.9. The number of thiocarbonyl (C=S) groups is 1. The minimum Gasteiger partial charge on any atom is -0.488 e. The van der Waals surface area contributed by atoms with E-state index in [1.54, 1.807) is 7.11 Å². The van der Waals surface area contributed by atoms with Gasteiger partial charge in [-0.3, -0.25) is 0 Å². The lowest BCUT2D eigenvalue weighted by Crippen LogP contribution is -2.12. The highest BCUT2D eigenvalue weighted by Crippen LogP contribution is 2.30. The van der Waals surface area contributed by atoms with Gasteiger partial charge in [-0.1, -0.05) is 25.1 Å².